The molecule has 5 aromatic heterocycles. The van der Waals surface area contributed by atoms with Crippen LogP contribution in [0.3, 0.4) is 0 Å². The zero-order chi connectivity index (χ0) is 31.3. The van der Waals surface area contributed by atoms with E-state index in [1.807, 2.05) is 42.5 Å². The Bertz CT molecular complexity index is 2380. The fourth-order valence-electron chi connectivity index (χ4n) is 5.78. The Kier molecular flexibility index (Phi) is 6.57. The van der Waals surface area contributed by atoms with Crippen molar-refractivity contribution in [1.82, 2.24) is 29.9 Å². The smallest absolute Gasteiger partial charge is 0.117 e. The van der Waals surface area contributed by atoms with E-state index in [4.69, 9.17) is 19.9 Å². The molecule has 0 unspecified atom stereocenters. The highest BCUT2D eigenvalue weighted by Gasteiger charge is 2.18. The molecule has 0 aliphatic rings. The fraction of sp³-hybridized carbons (Fsp3) is 0.100. The first-order valence-corrected chi connectivity index (χ1v) is 15.4. The Morgan fingerprint density at radius 1 is 0.435 bits per heavy atom. The predicted molar refractivity (Wildman–Crippen MR) is 186 cm³/mol. The minimum atomic E-state index is -0.0421. The molecule has 0 saturated heterocycles. The van der Waals surface area contributed by atoms with E-state index in [1.54, 1.807) is 12.4 Å². The van der Waals surface area contributed by atoms with Crippen molar-refractivity contribution in [2.45, 2.75) is 26.2 Å². The maximum absolute atomic E-state index is 5.12. The summed E-state index contributed by atoms with van der Waals surface area (Å²) in [6.45, 7) is 6.56. The van der Waals surface area contributed by atoms with E-state index >= 15 is 0 Å². The van der Waals surface area contributed by atoms with Crippen molar-refractivity contribution in [2.75, 3.05) is 0 Å². The highest BCUT2D eigenvalue weighted by atomic mass is 14.9. The van der Waals surface area contributed by atoms with Crippen LogP contribution in [0.1, 0.15) is 26.5 Å². The molecule has 0 aliphatic carbocycles. The molecule has 0 aliphatic heterocycles. The molecule has 6 heteroatoms. The third-order valence-corrected chi connectivity index (χ3v) is 8.28. The molecule has 0 N–H and O–H groups in total. The van der Waals surface area contributed by atoms with Gasteiger partial charge in [0.2, 0.25) is 0 Å². The first-order valence-electron chi connectivity index (χ1n) is 15.4. The number of benzene rings is 3. The Morgan fingerprint density at radius 3 is 1.63 bits per heavy atom. The number of aromatic nitrogens is 6. The van der Waals surface area contributed by atoms with Crippen molar-refractivity contribution >= 4 is 32.8 Å². The number of hydrogen-bond acceptors (Lipinski definition) is 6. The third kappa shape index (κ3) is 5.04. The number of nitrogens with zero attached hydrogens (tertiary/aromatic N) is 6. The van der Waals surface area contributed by atoms with Crippen LogP contribution in [0.5, 0.6) is 0 Å². The summed E-state index contributed by atoms with van der Waals surface area (Å²) in [7, 11) is 0. The maximum Gasteiger partial charge on any atom is 0.117 e. The first kappa shape index (κ1) is 27.7. The summed E-state index contributed by atoms with van der Waals surface area (Å²) in [5.41, 5.74) is 11.5. The van der Waals surface area contributed by atoms with Gasteiger partial charge in [-0.15, -0.1) is 0 Å². The normalized spacial score (nSPS) is 11.8. The van der Waals surface area contributed by atoms with Gasteiger partial charge < -0.3 is 0 Å². The van der Waals surface area contributed by atoms with Crippen LogP contribution in [0.4, 0.5) is 0 Å². The van der Waals surface area contributed by atoms with Crippen molar-refractivity contribution in [3.8, 4) is 45.2 Å². The fourth-order valence-corrected chi connectivity index (χ4v) is 5.78. The molecule has 0 radical (unpaired) electrons. The number of pyridine rings is 4. The van der Waals surface area contributed by atoms with Gasteiger partial charge in [0.15, 0.2) is 0 Å². The molecule has 0 atom stereocenters. The lowest BCUT2D eigenvalue weighted by Gasteiger charge is -2.18. The number of hydrogen-bond donors (Lipinski definition) is 0. The molecule has 3 aromatic carbocycles. The Hall–Kier alpha value is -5.88. The van der Waals surface area contributed by atoms with Gasteiger partial charge in [-0.1, -0.05) is 87.5 Å². The molecule has 0 spiro atoms. The van der Waals surface area contributed by atoms with E-state index in [1.165, 1.54) is 0 Å². The van der Waals surface area contributed by atoms with Gasteiger partial charge in [-0.05, 0) is 59.7 Å². The number of rotatable bonds is 4. The van der Waals surface area contributed by atoms with Gasteiger partial charge in [0.25, 0.3) is 0 Å². The van der Waals surface area contributed by atoms with Crippen molar-refractivity contribution in [2.24, 2.45) is 0 Å². The van der Waals surface area contributed by atoms with E-state index in [2.05, 4.69) is 104 Å². The summed E-state index contributed by atoms with van der Waals surface area (Å²) in [6.07, 6.45) is 3.54. The van der Waals surface area contributed by atoms with Crippen molar-refractivity contribution in [3.63, 3.8) is 0 Å². The van der Waals surface area contributed by atoms with Crippen LogP contribution in [0, 0.1) is 0 Å². The standard InChI is InChI=1S/C40H30N6/c1-40(2,3)35-21-18-28-15-14-27-16-19-30(43-36(27)37(28)46-35)26-12-10-25(11-13-26)29-17-20-31-34(24-29)45-39(33-9-5-7-23-42-33)38(44-31)32-8-4-6-22-41-32/h4-24H,1-3H3. The minimum absolute atomic E-state index is 0.0421. The minimum Gasteiger partial charge on any atom is -0.255 e. The zero-order valence-electron chi connectivity index (χ0n) is 25.8. The lowest BCUT2D eigenvalue weighted by atomic mass is 9.91. The van der Waals surface area contributed by atoms with Crippen molar-refractivity contribution < 1.29 is 0 Å². The molecular weight excluding hydrogens is 564 g/mol. The van der Waals surface area contributed by atoms with Gasteiger partial charge >= 0.3 is 0 Å². The SMILES string of the molecule is CC(C)(C)c1ccc2ccc3ccc(-c4ccc(-c5ccc6nc(-c7ccccn7)c(-c7ccccn7)nc6c5)cc4)nc3c2n1. The monoisotopic (exact) mass is 594 g/mol. The van der Waals surface area contributed by atoms with Crippen LogP contribution in [-0.2, 0) is 5.41 Å². The maximum atomic E-state index is 5.12. The van der Waals surface area contributed by atoms with Crippen molar-refractivity contribution in [1.29, 1.82) is 0 Å². The lowest BCUT2D eigenvalue weighted by Crippen LogP contribution is -2.13. The van der Waals surface area contributed by atoms with E-state index in [0.29, 0.717) is 11.4 Å². The highest BCUT2D eigenvalue weighted by Crippen LogP contribution is 2.33. The van der Waals surface area contributed by atoms with E-state index < -0.39 is 0 Å². The summed E-state index contributed by atoms with van der Waals surface area (Å²) in [5.74, 6) is 0. The zero-order valence-corrected chi connectivity index (χ0v) is 25.8. The quantitative estimate of drug-likeness (QED) is 0.189. The average Bonchev–Trinajstić information content (AvgIpc) is 3.10. The second-order valence-electron chi connectivity index (χ2n) is 12.5. The second-order valence-corrected chi connectivity index (χ2v) is 12.5. The molecule has 0 bridgehead atoms. The number of fused-ring (bicyclic) bond motifs is 4. The van der Waals surface area contributed by atoms with Gasteiger partial charge in [0.1, 0.15) is 11.4 Å². The third-order valence-electron chi connectivity index (χ3n) is 8.28. The van der Waals surface area contributed by atoms with Gasteiger partial charge in [0.05, 0.1) is 39.1 Å². The largest absolute Gasteiger partial charge is 0.255 e. The summed E-state index contributed by atoms with van der Waals surface area (Å²) in [4.78, 5) is 29.4. The van der Waals surface area contributed by atoms with Crippen LogP contribution < -0.4 is 0 Å². The van der Waals surface area contributed by atoms with Crippen LogP contribution in [0.2, 0.25) is 0 Å². The molecule has 5 heterocycles. The summed E-state index contributed by atoms with van der Waals surface area (Å²) in [5, 5.41) is 2.18. The van der Waals surface area contributed by atoms with Crippen LogP contribution >= 0.6 is 0 Å². The van der Waals surface area contributed by atoms with Gasteiger partial charge in [-0.3, -0.25) is 9.97 Å². The van der Waals surface area contributed by atoms with Crippen molar-refractivity contribution in [3.05, 3.63) is 133 Å². The molecular formula is C40H30N6. The van der Waals surface area contributed by atoms with Gasteiger partial charge in [0, 0.05) is 39.8 Å². The first-order chi connectivity index (χ1) is 22.4. The predicted octanol–water partition coefficient (Wildman–Crippen LogP) is 9.48. The molecule has 8 aromatic rings. The summed E-state index contributed by atoms with van der Waals surface area (Å²) < 4.78 is 0. The van der Waals surface area contributed by atoms with Gasteiger partial charge in [-0.25, -0.2) is 19.9 Å². The molecule has 46 heavy (non-hydrogen) atoms. The Morgan fingerprint density at radius 2 is 1.00 bits per heavy atom. The van der Waals surface area contributed by atoms with Crippen LogP contribution in [-0.4, -0.2) is 29.9 Å². The molecule has 220 valence electrons. The summed E-state index contributed by atoms with van der Waals surface area (Å²) >= 11 is 0. The molecule has 0 amide bonds. The topological polar surface area (TPSA) is 77.3 Å². The van der Waals surface area contributed by atoms with Gasteiger partial charge in [-0.2, -0.15) is 0 Å². The van der Waals surface area contributed by atoms with Crippen LogP contribution in [0.15, 0.2) is 128 Å². The van der Waals surface area contributed by atoms with E-state index in [9.17, 15) is 0 Å². The molecule has 6 nitrogen and oxygen atoms in total. The lowest BCUT2D eigenvalue weighted by molar-refractivity contribution is 0.571. The average molecular weight is 595 g/mol. The molecule has 0 saturated carbocycles. The second kappa shape index (κ2) is 10.9. The highest BCUT2D eigenvalue weighted by molar-refractivity contribution is 6.03. The Balaban J connectivity index is 1.17. The van der Waals surface area contributed by atoms with Crippen LogP contribution in [0.25, 0.3) is 78.0 Å². The Labute approximate surface area is 266 Å². The molecule has 8 rings (SSSR count). The van der Waals surface area contributed by atoms with E-state index in [-0.39, 0.29) is 5.41 Å². The molecule has 0 fully saturated rings. The van der Waals surface area contributed by atoms with E-state index in [0.717, 1.165) is 72.3 Å². The summed E-state index contributed by atoms with van der Waals surface area (Å²) in [6, 6.07) is 39.1.